The Bertz CT molecular complexity index is 3120. The van der Waals surface area contributed by atoms with E-state index in [1.807, 2.05) is 203 Å². The van der Waals surface area contributed by atoms with Crippen LogP contribution in [0.25, 0.3) is 0 Å². The highest BCUT2D eigenvalue weighted by atomic mass is 79.9. The van der Waals surface area contributed by atoms with Gasteiger partial charge in [0.1, 0.15) is 0 Å². The van der Waals surface area contributed by atoms with Gasteiger partial charge < -0.3 is 10.8 Å². The molecule has 3 N–H and O–H groups in total. The Labute approximate surface area is 489 Å². The molecule has 0 radical (unpaired) electrons. The largest absolute Gasteiger partial charge is 0.399 e. The van der Waals surface area contributed by atoms with Crippen molar-refractivity contribution >= 4 is 142 Å². The molecular weight excluding hydrogens is 1340 g/mol. The van der Waals surface area contributed by atoms with Gasteiger partial charge in [0.2, 0.25) is 6.08 Å². The lowest BCUT2D eigenvalue weighted by molar-refractivity contribution is 0.0655. The minimum absolute atomic E-state index is 0.130. The number of ketones is 2. The van der Waals surface area contributed by atoms with Crippen LogP contribution in [0, 0.1) is 20.8 Å². The molecule has 1 heterocycles. The summed E-state index contributed by atoms with van der Waals surface area (Å²) in [5.74, 6) is 0.336. The summed E-state index contributed by atoms with van der Waals surface area (Å²) in [6, 6.07) is 60.3. The maximum atomic E-state index is 13.4. The minimum atomic E-state index is -1.48. The molecule has 1 aliphatic rings. The maximum absolute atomic E-state index is 13.4. The summed E-state index contributed by atoms with van der Waals surface area (Å²) in [7, 11) is 0. The number of nitrogens with zero attached hydrogens (tertiary/aromatic N) is 3. The normalized spacial score (nSPS) is 13.2. The van der Waals surface area contributed by atoms with Gasteiger partial charge in [-0.1, -0.05) is 197 Å². The Morgan fingerprint density at radius 2 is 0.947 bits per heavy atom. The van der Waals surface area contributed by atoms with E-state index in [1.54, 1.807) is 17.0 Å². The summed E-state index contributed by atoms with van der Waals surface area (Å²) in [4.78, 5) is 52.7. The van der Waals surface area contributed by atoms with Crippen LogP contribution in [-0.2, 0) is 16.9 Å². The number of carbonyl (C=O) groups is 3. The van der Waals surface area contributed by atoms with Crippen LogP contribution in [0.1, 0.15) is 55.0 Å². The number of hydrogen-bond donors (Lipinski definition) is 2. The van der Waals surface area contributed by atoms with Crippen molar-refractivity contribution in [2.75, 3.05) is 27.4 Å². The van der Waals surface area contributed by atoms with Crippen LogP contribution < -0.4 is 15.5 Å². The zero-order valence-electron chi connectivity index (χ0n) is 41.1. The first-order valence-electron chi connectivity index (χ1n) is 23.2. The molecule has 1 fully saturated rings. The van der Waals surface area contributed by atoms with E-state index >= 15 is 0 Å². The summed E-state index contributed by atoms with van der Waals surface area (Å²) in [6.07, 6.45) is 2.82. The molecule has 1 atom stereocenters. The Balaban J connectivity index is 0.000000189. The number of Topliss-reactive ketones (excluding diaryl/α,β-unsaturated/α-hetero) is 2. The molecule has 15 heteroatoms. The third-order valence-corrected chi connectivity index (χ3v) is 14.4. The molecule has 75 heavy (non-hydrogen) atoms. The number of halogens is 6. The Morgan fingerprint density at radius 1 is 0.560 bits per heavy atom. The molecule has 2 amide bonds. The van der Waals surface area contributed by atoms with Crippen molar-refractivity contribution in [3.63, 3.8) is 0 Å². The third kappa shape index (κ3) is 19.2. The molecule has 1 aliphatic heterocycles. The number of carbonyl (C=O) groups excluding carboxylic acids is 4. The first-order chi connectivity index (χ1) is 35.9. The van der Waals surface area contributed by atoms with Gasteiger partial charge in [0.15, 0.2) is 17.3 Å². The maximum Gasteiger partial charge on any atom is 0.331 e. The number of urea groups is 1. The number of benzene rings is 8. The number of hydrogen-bond acceptors (Lipinski definition) is 7. The Kier molecular flexibility index (Phi) is 24.3. The van der Waals surface area contributed by atoms with Gasteiger partial charge in [0.05, 0.1) is 17.6 Å². The van der Waals surface area contributed by atoms with E-state index in [0.717, 1.165) is 56.8 Å². The fourth-order valence-electron chi connectivity index (χ4n) is 7.06. The van der Waals surface area contributed by atoms with E-state index < -0.39 is 5.72 Å². The number of aryl methyl sites for hydroxylation is 4. The van der Waals surface area contributed by atoms with Gasteiger partial charge in [-0.05, 0) is 142 Å². The zero-order chi connectivity index (χ0) is 54.5. The molecule has 0 spiro atoms. The van der Waals surface area contributed by atoms with Crippen LogP contribution in [0.4, 0.5) is 27.5 Å². The second-order valence-electron chi connectivity index (χ2n) is 16.9. The first-order valence-corrected chi connectivity index (χ1v) is 28.2. The van der Waals surface area contributed by atoms with E-state index in [2.05, 4.69) is 101 Å². The number of nitrogen functional groups attached to an aromatic ring is 1. The van der Waals surface area contributed by atoms with Gasteiger partial charge in [-0.3, -0.25) is 19.4 Å². The zero-order valence-corrected chi connectivity index (χ0v) is 50.6. The van der Waals surface area contributed by atoms with Crippen LogP contribution in [0.2, 0.25) is 0 Å². The van der Waals surface area contributed by atoms with Crippen molar-refractivity contribution in [3.8, 4) is 0 Å². The SMILES string of the molecule is Cc1ccc(C(=O)CBr)cc1.Cc1ccc(C(=O)CCc2ccc(Br)cc2)cc1.Cc1ccc(C2(O)CN(c3ccc(Br)cc3)C(=O)N2c2ccc(Br)cc2)cc1.Nc1ccc(Br)cc1.O=C=Nc1ccc(Br)cc1. The van der Waals surface area contributed by atoms with Crippen LogP contribution in [0.3, 0.4) is 0 Å². The van der Waals surface area contributed by atoms with E-state index in [4.69, 9.17) is 5.73 Å². The number of anilines is 3. The predicted octanol–water partition coefficient (Wildman–Crippen LogP) is 17.4. The number of β-amino-alcohol motifs (C(OH)–C–C–N with tert-alkyl or cyclic N) is 1. The topological polar surface area (TPSA) is 133 Å². The third-order valence-electron chi connectivity index (χ3n) is 11.2. The van der Waals surface area contributed by atoms with E-state index in [9.17, 15) is 24.3 Å². The number of aliphatic hydroxyl groups is 1. The van der Waals surface area contributed by atoms with Crippen molar-refractivity contribution in [2.24, 2.45) is 4.99 Å². The average Bonchev–Trinajstić information content (AvgIpc) is 3.69. The lowest BCUT2D eigenvalue weighted by Gasteiger charge is -2.32. The number of aliphatic imine (C=N–C) groups is 1. The Hall–Kier alpha value is -5.61. The molecular formula is C60H52Br6N4O5. The number of isocyanates is 1. The Morgan fingerprint density at radius 3 is 1.37 bits per heavy atom. The van der Waals surface area contributed by atoms with E-state index in [-0.39, 0.29) is 24.1 Å². The van der Waals surface area contributed by atoms with Gasteiger partial charge in [-0.2, -0.15) is 4.99 Å². The number of alkyl halides is 1. The van der Waals surface area contributed by atoms with Crippen molar-refractivity contribution in [1.29, 1.82) is 0 Å². The summed E-state index contributed by atoms with van der Waals surface area (Å²) in [5, 5.41) is 12.1. The highest BCUT2D eigenvalue weighted by molar-refractivity contribution is 9.11. The highest BCUT2D eigenvalue weighted by Gasteiger charge is 2.51. The standard InChI is InChI=1S/C22H18Br2N2O2.C16H15BrO.C9H9BrO.C7H4BrNO.C6H6BrN/c1-15-2-4-16(5-3-15)22(28)14-25(19-10-6-17(23)7-11-19)21(27)26(22)20-12-8-18(24)9-13-20;1-12-2-7-14(8-3-12)16(18)11-6-13-4-9-15(17)10-5-13;1-7-2-4-8(5-3-7)9(11)6-10;8-6-1-3-7(4-2-6)9-5-10;7-5-1-3-6(8)4-2-5/h2-13,28H,14H2,1H3;2-5,7-10H,6,11H2,1H3;2-5H,6H2,1H3;1-4H;1-4H,8H2. The van der Waals surface area contributed by atoms with Crippen LogP contribution in [0.15, 0.2) is 221 Å². The van der Waals surface area contributed by atoms with Gasteiger partial charge in [0.25, 0.3) is 0 Å². The van der Waals surface area contributed by atoms with E-state index in [0.29, 0.717) is 28.7 Å². The van der Waals surface area contributed by atoms with Crippen LogP contribution in [-0.4, -0.2) is 40.7 Å². The van der Waals surface area contributed by atoms with Crippen molar-refractivity contribution in [2.45, 2.75) is 39.3 Å². The molecule has 1 saturated heterocycles. The van der Waals surface area contributed by atoms with Gasteiger partial charge >= 0.3 is 6.03 Å². The van der Waals surface area contributed by atoms with Gasteiger partial charge in [-0.15, -0.1) is 0 Å². The quantitative estimate of drug-likeness (QED) is 0.0461. The van der Waals surface area contributed by atoms with Gasteiger partial charge in [0, 0.05) is 62.5 Å². The summed E-state index contributed by atoms with van der Waals surface area (Å²) in [6.45, 7) is 6.15. The molecule has 0 aliphatic carbocycles. The lowest BCUT2D eigenvalue weighted by atomic mass is 10.00. The highest BCUT2D eigenvalue weighted by Crippen LogP contribution is 2.40. The summed E-state index contributed by atoms with van der Waals surface area (Å²) in [5.41, 5.74) is 13.6. The first kappa shape index (κ1) is 60.3. The predicted molar refractivity (Wildman–Crippen MR) is 326 cm³/mol. The van der Waals surface area contributed by atoms with Crippen molar-refractivity contribution < 1.29 is 24.3 Å². The fraction of sp³-hybridized carbons (Fsp3) is 0.133. The lowest BCUT2D eigenvalue weighted by Crippen LogP contribution is -2.44. The molecule has 0 bridgehead atoms. The fourth-order valence-corrected chi connectivity index (χ4v) is 8.70. The van der Waals surface area contributed by atoms with E-state index in [1.165, 1.54) is 27.7 Å². The monoisotopic (exact) mass is 1380 g/mol. The number of rotatable bonds is 10. The molecule has 384 valence electrons. The second kappa shape index (κ2) is 30.2. The molecule has 1 unspecified atom stereocenters. The summed E-state index contributed by atoms with van der Waals surface area (Å²) >= 11 is 19.9. The molecule has 9 rings (SSSR count). The summed E-state index contributed by atoms with van der Waals surface area (Å²) < 4.78 is 4.94. The second-order valence-corrected chi connectivity index (χ2v) is 22.0. The molecule has 0 saturated carbocycles. The van der Waals surface area contributed by atoms with Crippen LogP contribution in [0.5, 0.6) is 0 Å². The van der Waals surface area contributed by atoms with Crippen molar-refractivity contribution in [3.05, 3.63) is 255 Å². The van der Waals surface area contributed by atoms with Gasteiger partial charge in [-0.25, -0.2) is 9.59 Å². The smallest absolute Gasteiger partial charge is 0.331 e. The molecule has 9 nitrogen and oxygen atoms in total. The average molecular weight is 1390 g/mol. The number of amides is 2. The molecule has 0 aromatic heterocycles. The molecule has 8 aromatic rings. The molecule has 8 aromatic carbocycles. The van der Waals surface area contributed by atoms with Crippen LogP contribution >= 0.6 is 95.6 Å². The number of nitrogens with two attached hydrogens (primary N) is 1. The minimum Gasteiger partial charge on any atom is -0.399 e. The van der Waals surface area contributed by atoms with Crippen molar-refractivity contribution in [1.82, 2.24) is 0 Å².